The summed E-state index contributed by atoms with van der Waals surface area (Å²) in [6.07, 6.45) is 1.50. The van der Waals surface area contributed by atoms with Crippen LogP contribution in [-0.4, -0.2) is 22.7 Å². The number of aryl methyl sites for hydroxylation is 1. The first-order valence-corrected chi connectivity index (χ1v) is 5.45. The van der Waals surface area contributed by atoms with E-state index in [2.05, 4.69) is 5.10 Å². The van der Waals surface area contributed by atoms with Crippen molar-refractivity contribution in [3.05, 3.63) is 35.0 Å². The SMILES string of the molecule is CCn1ncc(OC)c1C(=O)c1ccc(Cl)o1. The van der Waals surface area contributed by atoms with Crippen LogP contribution in [0, 0.1) is 0 Å². The van der Waals surface area contributed by atoms with Crippen LogP contribution in [0.15, 0.2) is 22.7 Å². The van der Waals surface area contributed by atoms with Crippen LogP contribution < -0.4 is 4.74 Å². The first kappa shape index (κ1) is 11.7. The molecule has 0 bridgehead atoms. The van der Waals surface area contributed by atoms with Crippen molar-refractivity contribution >= 4 is 17.4 Å². The van der Waals surface area contributed by atoms with Crippen molar-refractivity contribution in [2.45, 2.75) is 13.5 Å². The number of ketones is 1. The molecule has 2 aromatic rings. The summed E-state index contributed by atoms with van der Waals surface area (Å²) < 4.78 is 11.7. The first-order valence-electron chi connectivity index (χ1n) is 5.07. The van der Waals surface area contributed by atoms with Gasteiger partial charge in [0.25, 0.3) is 0 Å². The molecule has 90 valence electrons. The molecule has 0 saturated carbocycles. The minimum Gasteiger partial charge on any atom is -0.493 e. The molecule has 0 amide bonds. The van der Waals surface area contributed by atoms with Gasteiger partial charge in [-0.05, 0) is 30.7 Å². The number of methoxy groups -OCH3 is 1. The van der Waals surface area contributed by atoms with E-state index in [1.54, 1.807) is 4.68 Å². The van der Waals surface area contributed by atoms with Crippen molar-refractivity contribution in [2.24, 2.45) is 0 Å². The molecular weight excluding hydrogens is 244 g/mol. The fraction of sp³-hybridized carbons (Fsp3) is 0.273. The monoisotopic (exact) mass is 254 g/mol. The van der Waals surface area contributed by atoms with Crippen LogP contribution in [0.25, 0.3) is 0 Å². The lowest BCUT2D eigenvalue weighted by Gasteiger charge is -2.04. The number of aromatic nitrogens is 2. The van der Waals surface area contributed by atoms with Crippen LogP contribution in [0.2, 0.25) is 5.22 Å². The van der Waals surface area contributed by atoms with Gasteiger partial charge in [-0.15, -0.1) is 0 Å². The van der Waals surface area contributed by atoms with E-state index in [1.165, 1.54) is 25.4 Å². The molecule has 6 heteroatoms. The molecule has 2 heterocycles. The van der Waals surface area contributed by atoms with Crippen molar-refractivity contribution in [3.8, 4) is 5.75 Å². The lowest BCUT2D eigenvalue weighted by Crippen LogP contribution is -2.11. The minimum absolute atomic E-state index is 0.170. The van der Waals surface area contributed by atoms with E-state index >= 15 is 0 Å². The maximum Gasteiger partial charge on any atom is 0.250 e. The Hall–Kier alpha value is -1.75. The summed E-state index contributed by atoms with van der Waals surface area (Å²) in [7, 11) is 1.49. The molecule has 0 fully saturated rings. The number of ether oxygens (including phenoxy) is 1. The summed E-state index contributed by atoms with van der Waals surface area (Å²) >= 11 is 5.64. The van der Waals surface area contributed by atoms with E-state index in [0.29, 0.717) is 18.0 Å². The zero-order valence-electron chi connectivity index (χ0n) is 9.44. The van der Waals surface area contributed by atoms with Crippen LogP contribution in [0.5, 0.6) is 5.75 Å². The van der Waals surface area contributed by atoms with Gasteiger partial charge in [-0.25, -0.2) is 0 Å². The zero-order chi connectivity index (χ0) is 12.4. The maximum atomic E-state index is 12.2. The van der Waals surface area contributed by atoms with Crippen molar-refractivity contribution in [2.75, 3.05) is 7.11 Å². The highest BCUT2D eigenvalue weighted by atomic mass is 35.5. The summed E-state index contributed by atoms with van der Waals surface area (Å²) in [6.45, 7) is 2.46. The Morgan fingerprint density at radius 2 is 2.35 bits per heavy atom. The molecule has 0 unspecified atom stereocenters. The molecule has 0 aliphatic carbocycles. The highest BCUT2D eigenvalue weighted by Crippen LogP contribution is 2.23. The van der Waals surface area contributed by atoms with Gasteiger partial charge in [0.05, 0.1) is 13.3 Å². The molecule has 0 aromatic carbocycles. The number of rotatable bonds is 4. The molecule has 0 spiro atoms. The molecule has 17 heavy (non-hydrogen) atoms. The second kappa shape index (κ2) is 4.63. The molecule has 0 N–H and O–H groups in total. The Kier molecular flexibility index (Phi) is 3.19. The second-order valence-electron chi connectivity index (χ2n) is 3.31. The number of hydrogen-bond acceptors (Lipinski definition) is 4. The van der Waals surface area contributed by atoms with Crippen molar-refractivity contribution in [1.82, 2.24) is 9.78 Å². The average Bonchev–Trinajstić information content (AvgIpc) is 2.93. The van der Waals surface area contributed by atoms with Crippen LogP contribution in [0.1, 0.15) is 23.2 Å². The van der Waals surface area contributed by atoms with Gasteiger partial charge in [-0.1, -0.05) is 0 Å². The molecule has 2 aromatic heterocycles. The van der Waals surface area contributed by atoms with Crippen LogP contribution >= 0.6 is 11.6 Å². The Morgan fingerprint density at radius 3 is 2.88 bits per heavy atom. The molecule has 0 aliphatic rings. The van der Waals surface area contributed by atoms with E-state index in [9.17, 15) is 4.79 Å². The largest absolute Gasteiger partial charge is 0.493 e. The quantitative estimate of drug-likeness (QED) is 0.786. The van der Waals surface area contributed by atoms with Crippen LogP contribution in [-0.2, 0) is 6.54 Å². The maximum absolute atomic E-state index is 12.2. The third kappa shape index (κ3) is 2.06. The molecular formula is C11H11ClN2O3. The molecule has 0 saturated heterocycles. The predicted octanol–water partition coefficient (Wildman–Crippen LogP) is 2.39. The van der Waals surface area contributed by atoms with E-state index in [0.717, 1.165) is 0 Å². The molecule has 2 rings (SSSR count). The Morgan fingerprint density at radius 1 is 1.59 bits per heavy atom. The lowest BCUT2D eigenvalue weighted by molar-refractivity contribution is 0.0996. The fourth-order valence-corrected chi connectivity index (χ4v) is 1.69. The van der Waals surface area contributed by atoms with E-state index in [4.69, 9.17) is 20.8 Å². The van der Waals surface area contributed by atoms with Gasteiger partial charge >= 0.3 is 0 Å². The normalized spacial score (nSPS) is 10.5. The Balaban J connectivity index is 2.45. The summed E-state index contributed by atoms with van der Waals surface area (Å²) in [5.74, 6) is 0.293. The second-order valence-corrected chi connectivity index (χ2v) is 3.68. The number of nitrogens with zero attached hydrogens (tertiary/aromatic N) is 2. The smallest absolute Gasteiger partial charge is 0.250 e. The van der Waals surface area contributed by atoms with Gasteiger partial charge in [-0.3, -0.25) is 9.48 Å². The number of carbonyl (C=O) groups excluding carboxylic acids is 1. The van der Waals surface area contributed by atoms with Gasteiger partial charge in [-0.2, -0.15) is 5.10 Å². The Bertz CT molecular complexity index is 523. The van der Waals surface area contributed by atoms with E-state index < -0.39 is 0 Å². The first-order chi connectivity index (χ1) is 8.17. The lowest BCUT2D eigenvalue weighted by atomic mass is 10.2. The van der Waals surface area contributed by atoms with Gasteiger partial charge in [0.15, 0.2) is 22.4 Å². The fourth-order valence-electron chi connectivity index (χ4n) is 1.54. The van der Waals surface area contributed by atoms with Crippen molar-refractivity contribution in [1.29, 1.82) is 0 Å². The molecule has 0 radical (unpaired) electrons. The zero-order valence-corrected chi connectivity index (χ0v) is 10.2. The predicted molar refractivity (Wildman–Crippen MR) is 61.6 cm³/mol. The van der Waals surface area contributed by atoms with Gasteiger partial charge < -0.3 is 9.15 Å². The van der Waals surface area contributed by atoms with Crippen molar-refractivity contribution in [3.63, 3.8) is 0 Å². The van der Waals surface area contributed by atoms with Gasteiger partial charge in [0, 0.05) is 6.54 Å². The summed E-state index contributed by atoms with van der Waals surface area (Å²) in [6, 6.07) is 3.05. The van der Waals surface area contributed by atoms with Crippen LogP contribution in [0.4, 0.5) is 0 Å². The summed E-state index contributed by atoms with van der Waals surface area (Å²) in [4.78, 5) is 12.2. The third-order valence-electron chi connectivity index (χ3n) is 2.34. The average molecular weight is 255 g/mol. The summed E-state index contributed by atoms with van der Waals surface area (Å²) in [5.41, 5.74) is 0.362. The minimum atomic E-state index is -0.298. The molecule has 0 atom stereocenters. The number of carbonyl (C=O) groups is 1. The molecule has 5 nitrogen and oxygen atoms in total. The van der Waals surface area contributed by atoms with Gasteiger partial charge in [0.1, 0.15) is 0 Å². The highest BCUT2D eigenvalue weighted by molar-refractivity contribution is 6.29. The number of furan rings is 1. The van der Waals surface area contributed by atoms with Crippen molar-refractivity contribution < 1.29 is 13.9 Å². The topological polar surface area (TPSA) is 57.3 Å². The number of hydrogen-bond donors (Lipinski definition) is 0. The van der Waals surface area contributed by atoms with Crippen LogP contribution in [0.3, 0.4) is 0 Å². The molecule has 0 aliphatic heterocycles. The van der Waals surface area contributed by atoms with Gasteiger partial charge in [0.2, 0.25) is 5.78 Å². The Labute approximate surface area is 103 Å². The highest BCUT2D eigenvalue weighted by Gasteiger charge is 2.22. The van der Waals surface area contributed by atoms with E-state index in [1.807, 2.05) is 6.92 Å². The van der Waals surface area contributed by atoms with E-state index in [-0.39, 0.29) is 16.8 Å². The standard InChI is InChI=1S/C11H11ClN2O3/c1-3-14-10(8(16-2)6-13-14)11(15)7-4-5-9(12)17-7/h4-6H,3H2,1-2H3. The number of halogens is 1. The summed E-state index contributed by atoms with van der Waals surface area (Å²) in [5, 5.41) is 4.23. The third-order valence-corrected chi connectivity index (χ3v) is 2.54.